The Morgan fingerprint density at radius 1 is 1.29 bits per heavy atom. The first-order chi connectivity index (χ1) is 14.8. The standard InChI is InChI=1S/C21H21ClFN3O4S/c1-30-20(27)10-17-16-7-9-19(22)25-21(16)26-11-14(4-8-18(17)26)24-12-31(28,29)15-5-2-13(23)3-6-15/h2-3,5-7,9,14,24H,4,8,10-12H2,1H3. The van der Waals surface area contributed by atoms with Gasteiger partial charge in [0.2, 0.25) is 0 Å². The van der Waals surface area contributed by atoms with Crippen molar-refractivity contribution in [2.24, 2.45) is 0 Å². The molecule has 0 saturated heterocycles. The number of benzene rings is 1. The Kier molecular flexibility index (Phi) is 6.00. The minimum absolute atomic E-state index is 0.0677. The van der Waals surface area contributed by atoms with Crippen molar-refractivity contribution >= 4 is 38.4 Å². The van der Waals surface area contributed by atoms with E-state index in [2.05, 4.69) is 10.3 Å². The number of methoxy groups -OCH3 is 1. The second-order valence-electron chi connectivity index (χ2n) is 7.45. The van der Waals surface area contributed by atoms with Crippen molar-refractivity contribution in [2.75, 3.05) is 13.0 Å². The monoisotopic (exact) mass is 465 g/mol. The minimum Gasteiger partial charge on any atom is -0.469 e. The number of nitrogens with one attached hydrogen (secondary N) is 1. The smallest absolute Gasteiger partial charge is 0.310 e. The highest BCUT2D eigenvalue weighted by molar-refractivity contribution is 7.91. The second-order valence-corrected chi connectivity index (χ2v) is 9.82. The zero-order valence-electron chi connectivity index (χ0n) is 16.8. The topological polar surface area (TPSA) is 90.3 Å². The van der Waals surface area contributed by atoms with Gasteiger partial charge in [0.1, 0.15) is 22.5 Å². The predicted molar refractivity (Wildman–Crippen MR) is 114 cm³/mol. The fourth-order valence-corrected chi connectivity index (χ4v) is 5.27. The Morgan fingerprint density at radius 3 is 2.74 bits per heavy atom. The summed E-state index contributed by atoms with van der Waals surface area (Å²) in [5.74, 6) is -1.09. The van der Waals surface area contributed by atoms with Crippen LogP contribution in [0.5, 0.6) is 0 Å². The van der Waals surface area contributed by atoms with Crippen LogP contribution in [0.3, 0.4) is 0 Å². The van der Waals surface area contributed by atoms with Gasteiger partial charge in [-0.05, 0) is 54.8 Å². The van der Waals surface area contributed by atoms with Crippen molar-refractivity contribution in [1.82, 2.24) is 14.9 Å². The lowest BCUT2D eigenvalue weighted by molar-refractivity contribution is -0.139. The van der Waals surface area contributed by atoms with Crippen molar-refractivity contribution in [3.63, 3.8) is 0 Å². The number of carbonyl (C=O) groups is 1. The maximum atomic E-state index is 13.1. The summed E-state index contributed by atoms with van der Waals surface area (Å²) < 4.78 is 45.1. The normalized spacial score (nSPS) is 16.3. The van der Waals surface area contributed by atoms with E-state index in [1.807, 2.05) is 10.6 Å². The first-order valence-electron chi connectivity index (χ1n) is 9.73. The van der Waals surface area contributed by atoms with Gasteiger partial charge in [0.05, 0.1) is 18.4 Å². The summed E-state index contributed by atoms with van der Waals surface area (Å²) >= 11 is 6.10. The molecule has 0 bridgehead atoms. The van der Waals surface area contributed by atoms with Crippen LogP contribution in [0, 0.1) is 5.82 Å². The summed E-state index contributed by atoms with van der Waals surface area (Å²) in [5, 5.41) is 4.28. The maximum Gasteiger partial charge on any atom is 0.310 e. The molecule has 1 unspecified atom stereocenters. The molecule has 0 spiro atoms. The summed E-state index contributed by atoms with van der Waals surface area (Å²) in [4.78, 5) is 16.4. The molecule has 10 heteroatoms. The highest BCUT2D eigenvalue weighted by Gasteiger charge is 2.27. The summed E-state index contributed by atoms with van der Waals surface area (Å²) in [5.41, 5.74) is 2.51. The lowest BCUT2D eigenvalue weighted by atomic mass is 10.0. The van der Waals surface area contributed by atoms with Crippen molar-refractivity contribution in [3.05, 3.63) is 58.6 Å². The molecule has 4 rings (SSSR count). The van der Waals surface area contributed by atoms with Crippen LogP contribution in [0.15, 0.2) is 41.3 Å². The number of aromatic nitrogens is 2. The van der Waals surface area contributed by atoms with Crippen molar-refractivity contribution in [1.29, 1.82) is 0 Å². The van der Waals surface area contributed by atoms with Gasteiger partial charge >= 0.3 is 5.97 Å². The highest BCUT2D eigenvalue weighted by atomic mass is 35.5. The second kappa shape index (κ2) is 8.57. The molecule has 0 saturated carbocycles. The number of fused-ring (bicyclic) bond motifs is 3. The van der Waals surface area contributed by atoms with Gasteiger partial charge in [-0.1, -0.05) is 11.6 Å². The van der Waals surface area contributed by atoms with E-state index in [1.165, 1.54) is 19.2 Å². The first kappa shape index (κ1) is 21.7. The lowest BCUT2D eigenvalue weighted by Crippen LogP contribution is -2.40. The number of ether oxygens (including phenoxy) is 1. The summed E-state index contributed by atoms with van der Waals surface area (Å²) in [6.45, 7) is 0.485. The predicted octanol–water partition coefficient (Wildman–Crippen LogP) is 2.88. The molecule has 3 aromatic rings. The van der Waals surface area contributed by atoms with Crippen molar-refractivity contribution < 1.29 is 22.3 Å². The zero-order chi connectivity index (χ0) is 22.2. The number of halogens is 2. The van der Waals surface area contributed by atoms with E-state index in [0.717, 1.165) is 28.8 Å². The quantitative estimate of drug-likeness (QED) is 0.342. The number of nitrogens with zero attached hydrogens (tertiary/aromatic N) is 2. The molecule has 0 radical (unpaired) electrons. The number of rotatable bonds is 6. The molecule has 0 amide bonds. The number of carbonyl (C=O) groups excluding carboxylic acids is 1. The molecule has 0 aliphatic carbocycles. The molecule has 1 aromatic carbocycles. The molecule has 1 aliphatic rings. The highest BCUT2D eigenvalue weighted by Crippen LogP contribution is 2.31. The fourth-order valence-electron chi connectivity index (χ4n) is 3.95. The third-order valence-electron chi connectivity index (χ3n) is 5.51. The third kappa shape index (κ3) is 4.44. The van der Waals surface area contributed by atoms with E-state index in [0.29, 0.717) is 30.2 Å². The lowest BCUT2D eigenvalue weighted by Gasteiger charge is -2.26. The largest absolute Gasteiger partial charge is 0.469 e. The van der Waals surface area contributed by atoms with Gasteiger partial charge in [-0.2, -0.15) is 0 Å². The fraction of sp³-hybridized carbons (Fsp3) is 0.333. The Hall–Kier alpha value is -2.49. The molecule has 3 heterocycles. The summed E-state index contributed by atoms with van der Waals surface area (Å²) in [6.07, 6.45) is 1.47. The van der Waals surface area contributed by atoms with Crippen molar-refractivity contribution in [3.8, 4) is 0 Å². The summed E-state index contributed by atoms with van der Waals surface area (Å²) in [7, 11) is -2.25. The van der Waals surface area contributed by atoms with Crippen LogP contribution in [-0.2, 0) is 38.8 Å². The number of hydrogen-bond acceptors (Lipinski definition) is 6. The van der Waals surface area contributed by atoms with Gasteiger partial charge in [0, 0.05) is 23.7 Å². The van der Waals surface area contributed by atoms with E-state index < -0.39 is 15.7 Å². The summed E-state index contributed by atoms with van der Waals surface area (Å²) in [6, 6.07) is 8.18. The molecule has 1 aliphatic heterocycles. The Labute approximate surface area is 184 Å². The van der Waals surface area contributed by atoms with Crippen LogP contribution in [0.25, 0.3) is 11.0 Å². The van der Waals surface area contributed by atoms with E-state index in [1.54, 1.807) is 6.07 Å². The molecule has 31 heavy (non-hydrogen) atoms. The number of pyridine rings is 1. The molecule has 1 N–H and O–H groups in total. The Balaban J connectivity index is 1.57. The molecular weight excluding hydrogens is 445 g/mol. The molecule has 164 valence electrons. The molecular formula is C21H21ClFN3O4S. The van der Waals surface area contributed by atoms with Crippen LogP contribution < -0.4 is 5.32 Å². The average molecular weight is 466 g/mol. The molecule has 0 fully saturated rings. The van der Waals surface area contributed by atoms with Crippen LogP contribution in [-0.4, -0.2) is 43.0 Å². The third-order valence-corrected chi connectivity index (χ3v) is 7.26. The van der Waals surface area contributed by atoms with E-state index in [-0.39, 0.29) is 29.2 Å². The van der Waals surface area contributed by atoms with E-state index >= 15 is 0 Å². The van der Waals surface area contributed by atoms with Crippen LogP contribution in [0.4, 0.5) is 4.39 Å². The maximum absolute atomic E-state index is 13.1. The van der Waals surface area contributed by atoms with Gasteiger partial charge in [-0.15, -0.1) is 0 Å². The van der Waals surface area contributed by atoms with Gasteiger partial charge < -0.3 is 9.30 Å². The average Bonchev–Trinajstić information content (AvgIpc) is 3.05. The van der Waals surface area contributed by atoms with Gasteiger partial charge in [-0.3, -0.25) is 10.1 Å². The molecule has 1 atom stereocenters. The van der Waals surface area contributed by atoms with Crippen LogP contribution in [0.2, 0.25) is 5.15 Å². The van der Waals surface area contributed by atoms with Gasteiger partial charge in [-0.25, -0.2) is 17.8 Å². The minimum atomic E-state index is -3.60. The Bertz CT molecular complexity index is 1240. The van der Waals surface area contributed by atoms with E-state index in [9.17, 15) is 17.6 Å². The number of esters is 1. The number of hydrogen-bond donors (Lipinski definition) is 1. The Morgan fingerprint density at radius 2 is 2.03 bits per heavy atom. The molecule has 2 aromatic heterocycles. The van der Waals surface area contributed by atoms with E-state index in [4.69, 9.17) is 16.3 Å². The first-order valence-corrected chi connectivity index (χ1v) is 11.8. The zero-order valence-corrected chi connectivity index (χ0v) is 18.3. The van der Waals surface area contributed by atoms with Crippen molar-refractivity contribution in [2.45, 2.75) is 36.7 Å². The van der Waals surface area contributed by atoms with Gasteiger partial charge in [0.25, 0.3) is 0 Å². The number of sulfone groups is 1. The SMILES string of the molecule is COC(=O)Cc1c2n(c3nc(Cl)ccc13)CC(NCS(=O)(=O)c1ccc(F)cc1)CC2. The van der Waals surface area contributed by atoms with Crippen LogP contribution >= 0.6 is 11.6 Å². The van der Waals surface area contributed by atoms with Gasteiger partial charge in [0.15, 0.2) is 9.84 Å². The molecule has 7 nitrogen and oxygen atoms in total. The van der Waals surface area contributed by atoms with Crippen LogP contribution in [0.1, 0.15) is 17.7 Å².